The monoisotopic (exact) mass is 437 g/mol. The van der Waals surface area contributed by atoms with Crippen molar-refractivity contribution < 1.29 is 23.9 Å². The molecule has 0 aliphatic carbocycles. The second-order valence-electron chi connectivity index (χ2n) is 5.94. The predicted octanol–water partition coefficient (Wildman–Crippen LogP) is 4.57. The average Bonchev–Trinajstić information content (AvgIpc) is 3.03. The Morgan fingerprint density at radius 1 is 1.29 bits per heavy atom. The van der Waals surface area contributed by atoms with E-state index >= 15 is 0 Å². The molecule has 146 valence electrons. The van der Waals surface area contributed by atoms with Crippen molar-refractivity contribution in [3.63, 3.8) is 0 Å². The Kier molecular flexibility index (Phi) is 6.23. The van der Waals surface area contributed by atoms with Gasteiger partial charge in [0, 0.05) is 15.9 Å². The van der Waals surface area contributed by atoms with Crippen LogP contribution in [0, 0.1) is 0 Å². The van der Waals surface area contributed by atoms with Crippen molar-refractivity contribution in [2.75, 3.05) is 7.11 Å². The first-order valence-electron chi connectivity index (χ1n) is 8.12. The van der Waals surface area contributed by atoms with E-state index < -0.39 is 19.2 Å². The molecule has 0 aliphatic rings. The molecular weight excluding hydrogens is 421 g/mol. The molecule has 3 N–H and O–H groups in total. The van der Waals surface area contributed by atoms with Crippen LogP contribution in [0.3, 0.4) is 0 Å². The highest BCUT2D eigenvalue weighted by molar-refractivity contribution is 7.53. The third-order valence-corrected chi connectivity index (χ3v) is 6.44. The highest BCUT2D eigenvalue weighted by Crippen LogP contribution is 2.54. The van der Waals surface area contributed by atoms with E-state index in [0.717, 1.165) is 10.3 Å². The lowest BCUT2D eigenvalue weighted by atomic mass is 10.1. The van der Waals surface area contributed by atoms with Gasteiger partial charge in [0.2, 0.25) is 5.91 Å². The number of ether oxygens (including phenoxy) is 1. The molecule has 1 amide bonds. The normalized spacial score (nSPS) is 13.0. The van der Waals surface area contributed by atoms with Crippen molar-refractivity contribution >= 4 is 52.6 Å². The van der Waals surface area contributed by atoms with Gasteiger partial charge in [-0.1, -0.05) is 23.7 Å². The number of methoxy groups -OCH3 is 1. The molecule has 0 saturated carbocycles. The van der Waals surface area contributed by atoms with Crippen molar-refractivity contribution in [2.45, 2.75) is 5.66 Å². The van der Waals surface area contributed by atoms with Crippen LogP contribution in [-0.2, 0) is 9.36 Å². The van der Waals surface area contributed by atoms with Gasteiger partial charge < -0.3 is 19.8 Å². The third kappa shape index (κ3) is 4.63. The van der Waals surface area contributed by atoms with Gasteiger partial charge in [-0.2, -0.15) is 0 Å². The Bertz CT molecular complexity index is 1090. The number of amides is 1. The van der Waals surface area contributed by atoms with Crippen molar-refractivity contribution in [1.82, 2.24) is 5.32 Å². The quantitative estimate of drug-likeness (QED) is 0.491. The summed E-state index contributed by atoms with van der Waals surface area (Å²) in [4.78, 5) is 32.3. The largest absolute Gasteiger partial charge is 0.497 e. The van der Waals surface area contributed by atoms with E-state index in [0.29, 0.717) is 16.2 Å². The Balaban J connectivity index is 1.87. The number of nitrogens with one attached hydrogen (secondary N) is 1. The van der Waals surface area contributed by atoms with E-state index in [1.54, 1.807) is 61.0 Å². The van der Waals surface area contributed by atoms with Gasteiger partial charge in [-0.05, 0) is 58.3 Å². The summed E-state index contributed by atoms with van der Waals surface area (Å²) in [6, 6.07) is 12.2. The van der Waals surface area contributed by atoms with Crippen molar-refractivity contribution in [1.29, 1.82) is 0 Å². The molecule has 0 aliphatic heterocycles. The van der Waals surface area contributed by atoms with Gasteiger partial charge in [0.1, 0.15) is 5.75 Å². The fourth-order valence-electron chi connectivity index (χ4n) is 2.75. The molecule has 0 saturated heterocycles. The van der Waals surface area contributed by atoms with Crippen LogP contribution in [-0.4, -0.2) is 22.8 Å². The van der Waals surface area contributed by atoms with Gasteiger partial charge in [-0.15, -0.1) is 11.3 Å². The van der Waals surface area contributed by atoms with E-state index in [4.69, 9.17) is 16.3 Å². The zero-order valence-corrected chi connectivity index (χ0v) is 17.2. The molecule has 3 rings (SSSR count). The fourth-order valence-corrected chi connectivity index (χ4v) is 4.95. The lowest BCUT2D eigenvalue weighted by molar-refractivity contribution is -0.120. The minimum atomic E-state index is -4.77. The van der Waals surface area contributed by atoms with Crippen LogP contribution < -0.4 is 10.1 Å². The maximum Gasteiger partial charge on any atom is 0.342 e. The maximum atomic E-state index is 12.6. The summed E-state index contributed by atoms with van der Waals surface area (Å²) in [5, 5.41) is 5.02. The molecule has 0 spiro atoms. The minimum Gasteiger partial charge on any atom is -0.497 e. The van der Waals surface area contributed by atoms with E-state index in [-0.39, 0.29) is 5.56 Å². The second-order valence-corrected chi connectivity index (χ2v) is 8.98. The van der Waals surface area contributed by atoms with Crippen LogP contribution in [0.2, 0.25) is 5.02 Å². The van der Waals surface area contributed by atoms with Crippen LogP contribution in [0.4, 0.5) is 0 Å². The summed E-state index contributed by atoms with van der Waals surface area (Å²) in [6.45, 7) is 0. The van der Waals surface area contributed by atoms with Gasteiger partial charge in [-0.3, -0.25) is 9.36 Å². The summed E-state index contributed by atoms with van der Waals surface area (Å²) in [5.41, 5.74) is -0.613. The number of rotatable bonds is 6. The number of hydrogen-bond acceptors (Lipinski definition) is 4. The zero-order valence-electron chi connectivity index (χ0n) is 14.7. The van der Waals surface area contributed by atoms with Gasteiger partial charge >= 0.3 is 7.60 Å². The van der Waals surface area contributed by atoms with Crippen LogP contribution in [0.1, 0.15) is 16.8 Å². The average molecular weight is 438 g/mol. The first kappa shape index (κ1) is 20.6. The van der Waals surface area contributed by atoms with Crippen LogP contribution >= 0.6 is 30.5 Å². The molecule has 2 aromatic carbocycles. The molecule has 3 aromatic rings. The summed E-state index contributed by atoms with van der Waals surface area (Å²) in [5.74, 6) is -0.143. The first-order valence-corrected chi connectivity index (χ1v) is 11.1. The molecule has 0 radical (unpaired) electrons. The van der Waals surface area contributed by atoms with E-state index in [1.807, 2.05) is 0 Å². The van der Waals surface area contributed by atoms with Crippen molar-refractivity contribution in [2.24, 2.45) is 0 Å². The smallest absolute Gasteiger partial charge is 0.342 e. The predicted molar refractivity (Wildman–Crippen MR) is 112 cm³/mol. The lowest BCUT2D eigenvalue weighted by Crippen LogP contribution is -2.25. The van der Waals surface area contributed by atoms with E-state index in [2.05, 4.69) is 5.32 Å². The summed E-state index contributed by atoms with van der Waals surface area (Å²) in [6.07, 6.45) is 2.96. The Morgan fingerprint density at radius 3 is 2.79 bits per heavy atom. The van der Waals surface area contributed by atoms with Crippen LogP contribution in [0.5, 0.6) is 5.75 Å². The van der Waals surface area contributed by atoms with Gasteiger partial charge in [0.25, 0.3) is 0 Å². The number of halogens is 1. The summed E-state index contributed by atoms with van der Waals surface area (Å²) >= 11 is 7.31. The molecule has 1 aromatic heterocycles. The highest BCUT2D eigenvalue weighted by atomic mass is 35.5. The van der Waals surface area contributed by atoms with E-state index in [1.165, 1.54) is 17.5 Å². The highest BCUT2D eigenvalue weighted by Gasteiger charge is 2.38. The number of fused-ring (bicyclic) bond motifs is 1. The molecule has 9 heteroatoms. The Labute approximate surface area is 170 Å². The fraction of sp³-hybridized carbons (Fsp3) is 0.105. The Morgan fingerprint density at radius 2 is 2.07 bits per heavy atom. The molecule has 28 heavy (non-hydrogen) atoms. The van der Waals surface area contributed by atoms with Gasteiger partial charge in [-0.25, -0.2) is 0 Å². The summed E-state index contributed by atoms with van der Waals surface area (Å²) in [7, 11) is -3.22. The number of thiophene rings is 1. The molecule has 0 fully saturated rings. The number of benzene rings is 2. The Hall–Kier alpha value is -2.15. The standard InChI is InChI=1S/C19H17ClNO5PS/c1-26-14-4-2-3-12(9-14)7-8-21-19(22)18(27(23,24)25)16-11-28-17-6-5-13(20)10-15(16)17/h2-11,18H,1H3,(H,21,22)(H2,23,24,25)/b8-7+. The van der Waals surface area contributed by atoms with Crippen molar-refractivity contribution in [3.05, 3.63) is 70.2 Å². The maximum absolute atomic E-state index is 12.6. The number of carbonyl (C=O) groups is 1. The molecule has 1 unspecified atom stereocenters. The SMILES string of the molecule is COc1cccc(/C=C/NC(=O)C(c2csc3ccc(Cl)cc23)P(=O)(O)O)c1. The topological polar surface area (TPSA) is 95.9 Å². The lowest BCUT2D eigenvalue weighted by Gasteiger charge is -2.16. The van der Waals surface area contributed by atoms with E-state index in [9.17, 15) is 19.1 Å². The van der Waals surface area contributed by atoms with Gasteiger partial charge in [0.05, 0.1) is 7.11 Å². The molecule has 6 nitrogen and oxygen atoms in total. The third-order valence-electron chi connectivity index (χ3n) is 4.04. The minimum absolute atomic E-state index is 0.253. The zero-order chi connectivity index (χ0) is 20.3. The molecule has 1 atom stereocenters. The number of carbonyl (C=O) groups excluding carboxylic acids is 1. The van der Waals surface area contributed by atoms with Crippen molar-refractivity contribution in [3.8, 4) is 5.75 Å². The molecule has 1 heterocycles. The second kappa shape index (κ2) is 8.47. The number of hydrogen-bond donors (Lipinski definition) is 3. The molecular formula is C19H17ClNO5PS. The first-order chi connectivity index (χ1) is 13.3. The van der Waals surface area contributed by atoms with Crippen LogP contribution in [0.25, 0.3) is 16.2 Å². The van der Waals surface area contributed by atoms with Crippen LogP contribution in [0.15, 0.2) is 54.0 Å². The molecule has 0 bridgehead atoms. The van der Waals surface area contributed by atoms with Gasteiger partial charge in [0.15, 0.2) is 5.66 Å². The summed E-state index contributed by atoms with van der Waals surface area (Å²) < 4.78 is 18.0.